The zero-order valence-corrected chi connectivity index (χ0v) is 11.6. The van der Waals surface area contributed by atoms with Crippen molar-refractivity contribution < 1.29 is 4.42 Å². The fourth-order valence-corrected chi connectivity index (χ4v) is 2.66. The van der Waals surface area contributed by atoms with E-state index in [1.807, 2.05) is 36.4 Å². The molecule has 4 heterocycles. The predicted molar refractivity (Wildman–Crippen MR) is 79.5 cm³/mol. The Bertz CT molecular complexity index is 892. The van der Waals surface area contributed by atoms with Crippen molar-refractivity contribution in [2.45, 2.75) is 0 Å². The molecule has 0 saturated heterocycles. The third kappa shape index (κ3) is 2.23. The van der Waals surface area contributed by atoms with Gasteiger partial charge in [-0.05, 0) is 36.4 Å². The number of nitrogens with zero attached hydrogens (tertiary/aromatic N) is 5. The minimum atomic E-state index is 0.710. The monoisotopic (exact) mass is 295 g/mol. The summed E-state index contributed by atoms with van der Waals surface area (Å²) >= 11 is 1.47. The van der Waals surface area contributed by atoms with E-state index in [4.69, 9.17) is 4.42 Å². The summed E-state index contributed by atoms with van der Waals surface area (Å²) in [5.41, 5.74) is 0.935. The molecule has 0 atom stereocenters. The summed E-state index contributed by atoms with van der Waals surface area (Å²) < 4.78 is 6.99. The summed E-state index contributed by atoms with van der Waals surface area (Å²) in [6.07, 6.45) is 8.85. The molecule has 0 fully saturated rings. The third-order valence-corrected chi connectivity index (χ3v) is 3.74. The van der Waals surface area contributed by atoms with Gasteiger partial charge in [0.1, 0.15) is 10.8 Å². The molecule has 4 aromatic heterocycles. The first-order valence-electron chi connectivity index (χ1n) is 6.24. The van der Waals surface area contributed by atoms with Crippen LogP contribution < -0.4 is 0 Å². The van der Waals surface area contributed by atoms with Crippen LogP contribution in [0.4, 0.5) is 0 Å². The van der Waals surface area contributed by atoms with E-state index < -0.39 is 0 Å². The van der Waals surface area contributed by atoms with Gasteiger partial charge in [0.2, 0.25) is 4.96 Å². The van der Waals surface area contributed by atoms with Crippen LogP contribution in [0.15, 0.2) is 47.3 Å². The second-order valence-electron chi connectivity index (χ2n) is 4.24. The van der Waals surface area contributed by atoms with E-state index in [1.165, 1.54) is 11.3 Å². The van der Waals surface area contributed by atoms with E-state index in [9.17, 15) is 0 Å². The van der Waals surface area contributed by atoms with E-state index >= 15 is 0 Å². The van der Waals surface area contributed by atoms with Crippen LogP contribution in [0.25, 0.3) is 28.5 Å². The van der Waals surface area contributed by atoms with E-state index in [0.29, 0.717) is 5.82 Å². The van der Waals surface area contributed by atoms with Crippen molar-refractivity contribution in [2.24, 2.45) is 0 Å². The molecule has 0 aliphatic rings. The van der Waals surface area contributed by atoms with Crippen molar-refractivity contribution in [1.82, 2.24) is 24.8 Å². The van der Waals surface area contributed by atoms with Crippen LogP contribution in [0.5, 0.6) is 0 Å². The van der Waals surface area contributed by atoms with Gasteiger partial charge in [0.25, 0.3) is 0 Å². The first kappa shape index (κ1) is 12.0. The maximum atomic E-state index is 5.25. The Hall–Kier alpha value is -2.80. The Morgan fingerprint density at radius 1 is 1.10 bits per heavy atom. The lowest BCUT2D eigenvalue weighted by Gasteiger charge is -1.94. The lowest BCUT2D eigenvalue weighted by atomic mass is 10.2. The average molecular weight is 295 g/mol. The summed E-state index contributed by atoms with van der Waals surface area (Å²) in [6.45, 7) is 0. The molecule has 4 rings (SSSR count). The Kier molecular flexibility index (Phi) is 2.82. The number of aromatic nitrogens is 5. The fraction of sp³-hybridized carbons (Fsp3) is 0. The van der Waals surface area contributed by atoms with E-state index in [2.05, 4.69) is 20.3 Å². The lowest BCUT2D eigenvalue weighted by Crippen LogP contribution is -1.90. The normalized spacial score (nSPS) is 11.6. The van der Waals surface area contributed by atoms with Crippen LogP contribution in [-0.2, 0) is 0 Å². The molecule has 102 valence electrons. The highest BCUT2D eigenvalue weighted by molar-refractivity contribution is 7.17. The summed E-state index contributed by atoms with van der Waals surface area (Å²) in [4.78, 5) is 4.75. The Labute approximate surface area is 123 Å². The number of rotatable bonds is 3. The maximum Gasteiger partial charge on any atom is 0.235 e. The van der Waals surface area contributed by atoms with Gasteiger partial charge >= 0.3 is 0 Å². The SMILES string of the molecule is C(=C\c1nn2c(-c3ccncc3)nnc2s1)/c1ccco1. The van der Waals surface area contributed by atoms with Gasteiger partial charge in [-0.1, -0.05) is 11.3 Å². The molecular formula is C14H9N5OS. The molecule has 0 amide bonds. The molecule has 0 spiro atoms. The van der Waals surface area contributed by atoms with Gasteiger partial charge in [-0.15, -0.1) is 10.2 Å². The van der Waals surface area contributed by atoms with Gasteiger partial charge in [0, 0.05) is 18.0 Å². The number of fused-ring (bicyclic) bond motifs is 1. The van der Waals surface area contributed by atoms with Gasteiger partial charge in [-0.25, -0.2) is 0 Å². The van der Waals surface area contributed by atoms with Crippen molar-refractivity contribution in [3.05, 3.63) is 53.7 Å². The van der Waals surface area contributed by atoms with Crippen molar-refractivity contribution in [3.63, 3.8) is 0 Å². The minimum absolute atomic E-state index is 0.710. The third-order valence-electron chi connectivity index (χ3n) is 2.88. The zero-order chi connectivity index (χ0) is 14.1. The van der Waals surface area contributed by atoms with Crippen molar-refractivity contribution >= 4 is 28.4 Å². The van der Waals surface area contributed by atoms with Crippen molar-refractivity contribution in [2.75, 3.05) is 0 Å². The highest BCUT2D eigenvalue weighted by Crippen LogP contribution is 2.22. The zero-order valence-electron chi connectivity index (χ0n) is 10.7. The number of hydrogen-bond acceptors (Lipinski definition) is 6. The molecule has 0 aliphatic carbocycles. The van der Waals surface area contributed by atoms with Gasteiger partial charge in [-0.2, -0.15) is 9.61 Å². The first-order valence-corrected chi connectivity index (χ1v) is 7.06. The molecule has 0 saturated carbocycles. The van der Waals surface area contributed by atoms with Crippen molar-refractivity contribution in [1.29, 1.82) is 0 Å². The topological polar surface area (TPSA) is 69.1 Å². The lowest BCUT2D eigenvalue weighted by molar-refractivity contribution is 0.557. The number of pyridine rings is 1. The Balaban J connectivity index is 1.73. The number of hydrogen-bond donors (Lipinski definition) is 0. The Morgan fingerprint density at radius 2 is 2.00 bits per heavy atom. The highest BCUT2D eigenvalue weighted by Gasteiger charge is 2.11. The minimum Gasteiger partial charge on any atom is -0.465 e. The Morgan fingerprint density at radius 3 is 2.81 bits per heavy atom. The molecule has 0 N–H and O–H groups in total. The summed E-state index contributed by atoms with van der Waals surface area (Å²) in [5, 5.41) is 13.7. The maximum absolute atomic E-state index is 5.25. The highest BCUT2D eigenvalue weighted by atomic mass is 32.1. The van der Waals surface area contributed by atoms with Crippen LogP contribution in [-0.4, -0.2) is 24.8 Å². The largest absolute Gasteiger partial charge is 0.465 e. The molecule has 0 unspecified atom stereocenters. The molecular weight excluding hydrogens is 286 g/mol. The van der Waals surface area contributed by atoms with Crippen LogP contribution in [0, 0.1) is 0 Å². The summed E-state index contributed by atoms with van der Waals surface area (Å²) in [5.74, 6) is 1.50. The van der Waals surface area contributed by atoms with Crippen molar-refractivity contribution in [3.8, 4) is 11.4 Å². The van der Waals surface area contributed by atoms with Gasteiger partial charge in [0.05, 0.1) is 6.26 Å². The van der Waals surface area contributed by atoms with E-state index in [0.717, 1.165) is 21.3 Å². The molecule has 7 heteroatoms. The van der Waals surface area contributed by atoms with Gasteiger partial charge in [0.15, 0.2) is 5.82 Å². The van der Waals surface area contributed by atoms with Crippen LogP contribution in [0.3, 0.4) is 0 Å². The molecule has 0 bridgehead atoms. The quantitative estimate of drug-likeness (QED) is 0.581. The van der Waals surface area contributed by atoms with Crippen LogP contribution in [0.1, 0.15) is 10.8 Å². The van der Waals surface area contributed by atoms with Gasteiger partial charge in [-0.3, -0.25) is 4.98 Å². The molecule has 21 heavy (non-hydrogen) atoms. The smallest absolute Gasteiger partial charge is 0.235 e. The summed E-state index contributed by atoms with van der Waals surface area (Å²) in [6, 6.07) is 7.50. The standard InChI is InChI=1S/C14H9N5OS/c1-2-11(20-9-1)3-4-12-18-19-13(16-17-14(19)21-12)10-5-7-15-8-6-10/h1-9H/b4-3+. The second-order valence-corrected chi connectivity index (χ2v) is 5.23. The molecule has 6 nitrogen and oxygen atoms in total. The molecule has 0 aliphatic heterocycles. The molecule has 0 radical (unpaired) electrons. The fourth-order valence-electron chi connectivity index (χ4n) is 1.92. The van der Waals surface area contributed by atoms with Gasteiger partial charge < -0.3 is 4.42 Å². The number of furan rings is 1. The van der Waals surface area contributed by atoms with Crippen LogP contribution in [0.2, 0.25) is 0 Å². The van der Waals surface area contributed by atoms with E-state index in [1.54, 1.807) is 23.2 Å². The first-order chi connectivity index (χ1) is 10.4. The van der Waals surface area contributed by atoms with E-state index in [-0.39, 0.29) is 0 Å². The van der Waals surface area contributed by atoms with Crippen LogP contribution >= 0.6 is 11.3 Å². The second kappa shape index (κ2) is 4.95. The molecule has 0 aromatic carbocycles. The average Bonchev–Trinajstić information content (AvgIpc) is 3.22. The summed E-state index contributed by atoms with van der Waals surface area (Å²) in [7, 11) is 0. The molecule has 4 aromatic rings. The predicted octanol–water partition coefficient (Wildman–Crippen LogP) is 3.01.